The van der Waals surface area contributed by atoms with Crippen molar-refractivity contribution in [1.29, 1.82) is 0 Å². The Morgan fingerprint density at radius 2 is 2.00 bits per heavy atom. The van der Waals surface area contributed by atoms with Crippen molar-refractivity contribution >= 4 is 29.9 Å². The van der Waals surface area contributed by atoms with E-state index in [0.29, 0.717) is 12.5 Å². The van der Waals surface area contributed by atoms with Crippen molar-refractivity contribution in [3.8, 4) is 0 Å². The first-order valence-electron chi connectivity index (χ1n) is 10.1. The number of halogens is 4. The van der Waals surface area contributed by atoms with E-state index in [1.165, 1.54) is 25.0 Å². The smallest absolute Gasteiger partial charge is 0.356 e. The first kappa shape index (κ1) is 24.2. The van der Waals surface area contributed by atoms with Crippen molar-refractivity contribution in [2.45, 2.75) is 43.7 Å². The van der Waals surface area contributed by atoms with E-state index >= 15 is 0 Å². The number of nitrogens with one attached hydrogen (secondary N) is 2. The number of rotatable bonds is 5. The van der Waals surface area contributed by atoms with Crippen LogP contribution in [0.3, 0.4) is 0 Å². The number of guanidine groups is 1. The molecule has 8 heteroatoms. The summed E-state index contributed by atoms with van der Waals surface area (Å²) in [6, 6.07) is 5.80. The maximum atomic E-state index is 13.1. The van der Waals surface area contributed by atoms with E-state index in [9.17, 15) is 13.2 Å². The molecule has 0 amide bonds. The van der Waals surface area contributed by atoms with E-state index in [-0.39, 0.29) is 29.4 Å². The van der Waals surface area contributed by atoms with Gasteiger partial charge in [-0.1, -0.05) is 24.6 Å². The average Bonchev–Trinajstić information content (AvgIpc) is 2.63. The van der Waals surface area contributed by atoms with Crippen LogP contribution in [-0.2, 0) is 11.6 Å². The van der Waals surface area contributed by atoms with Crippen LogP contribution in [-0.4, -0.2) is 51.1 Å². The van der Waals surface area contributed by atoms with Crippen molar-refractivity contribution in [1.82, 2.24) is 15.5 Å². The second kappa shape index (κ2) is 10.3. The third kappa shape index (κ3) is 6.23. The van der Waals surface area contributed by atoms with Gasteiger partial charge in [0, 0.05) is 32.1 Å². The van der Waals surface area contributed by atoms with Crippen LogP contribution in [0.5, 0.6) is 0 Å². The molecule has 2 aliphatic rings. The summed E-state index contributed by atoms with van der Waals surface area (Å²) in [5.74, 6) is 1.32. The highest BCUT2D eigenvalue weighted by Crippen LogP contribution is 2.44. The van der Waals surface area contributed by atoms with E-state index in [2.05, 4.69) is 27.6 Å². The lowest BCUT2D eigenvalue weighted by Gasteiger charge is -2.43. The molecule has 1 aliphatic carbocycles. The predicted molar refractivity (Wildman–Crippen MR) is 122 cm³/mol. The summed E-state index contributed by atoms with van der Waals surface area (Å²) in [5.41, 5.74) is -0.0464. The maximum Gasteiger partial charge on any atom is 0.416 e. The lowest BCUT2D eigenvalue weighted by atomic mass is 9.64. The normalized spacial score (nSPS) is 22.4. The Bertz CT molecular complexity index is 689. The van der Waals surface area contributed by atoms with Gasteiger partial charge in [0.15, 0.2) is 5.96 Å². The van der Waals surface area contributed by atoms with Gasteiger partial charge in [-0.05, 0) is 56.8 Å². The Kier molecular flexibility index (Phi) is 8.63. The zero-order valence-corrected chi connectivity index (χ0v) is 19.5. The third-order valence-corrected chi connectivity index (χ3v) is 6.21. The molecule has 29 heavy (non-hydrogen) atoms. The molecule has 1 saturated heterocycles. The van der Waals surface area contributed by atoms with Crippen molar-refractivity contribution in [2.75, 3.05) is 40.3 Å². The third-order valence-electron chi connectivity index (χ3n) is 6.21. The van der Waals surface area contributed by atoms with Crippen molar-refractivity contribution < 1.29 is 13.2 Å². The molecule has 0 bridgehead atoms. The molecule has 1 aromatic rings. The van der Waals surface area contributed by atoms with Gasteiger partial charge in [-0.2, -0.15) is 13.2 Å². The molecule has 1 heterocycles. The molecule has 4 nitrogen and oxygen atoms in total. The van der Waals surface area contributed by atoms with Gasteiger partial charge in [-0.25, -0.2) is 0 Å². The number of hydrogen-bond acceptors (Lipinski definition) is 2. The molecule has 1 unspecified atom stereocenters. The van der Waals surface area contributed by atoms with E-state index in [0.717, 1.165) is 56.5 Å². The summed E-state index contributed by atoms with van der Waals surface area (Å²) in [4.78, 5) is 6.65. The minimum atomic E-state index is -4.31. The molecule has 1 atom stereocenters. The lowest BCUT2D eigenvalue weighted by Crippen LogP contribution is -2.50. The SMILES string of the molecule is CN=C(NCC1CCCN(C)C1)NCC1(c2cccc(C(F)(F)F)c2)CCC1.I. The summed E-state index contributed by atoms with van der Waals surface area (Å²) < 4.78 is 39.3. The van der Waals surface area contributed by atoms with Crippen LogP contribution < -0.4 is 10.6 Å². The van der Waals surface area contributed by atoms with Crippen LogP contribution in [0.1, 0.15) is 43.2 Å². The Labute approximate surface area is 188 Å². The van der Waals surface area contributed by atoms with Gasteiger partial charge < -0.3 is 15.5 Å². The fourth-order valence-electron chi connectivity index (χ4n) is 4.35. The van der Waals surface area contributed by atoms with Crippen LogP contribution in [0, 0.1) is 5.92 Å². The number of aliphatic imine (C=N–C) groups is 1. The molecule has 164 valence electrons. The summed E-state index contributed by atoms with van der Waals surface area (Å²) in [5, 5.41) is 6.76. The van der Waals surface area contributed by atoms with Gasteiger partial charge in [0.1, 0.15) is 0 Å². The van der Waals surface area contributed by atoms with Crippen molar-refractivity contribution in [3.05, 3.63) is 35.4 Å². The number of nitrogens with zero attached hydrogens (tertiary/aromatic N) is 2. The number of likely N-dealkylation sites (tertiary alicyclic amines) is 1. The summed E-state index contributed by atoms with van der Waals surface area (Å²) in [6.45, 7) is 3.69. The van der Waals surface area contributed by atoms with Crippen molar-refractivity contribution in [3.63, 3.8) is 0 Å². The van der Waals surface area contributed by atoms with E-state index in [1.54, 1.807) is 7.05 Å². The zero-order valence-electron chi connectivity index (χ0n) is 17.2. The molecule has 0 aromatic heterocycles. The molecule has 2 N–H and O–H groups in total. The monoisotopic (exact) mass is 524 g/mol. The van der Waals surface area contributed by atoms with Crippen LogP contribution in [0.4, 0.5) is 13.2 Å². The quantitative estimate of drug-likeness (QED) is 0.344. The topological polar surface area (TPSA) is 39.7 Å². The van der Waals surface area contributed by atoms with Gasteiger partial charge in [0.25, 0.3) is 0 Å². The summed E-state index contributed by atoms with van der Waals surface area (Å²) in [7, 11) is 3.88. The molecule has 2 fully saturated rings. The minimum absolute atomic E-state index is 0. The highest BCUT2D eigenvalue weighted by molar-refractivity contribution is 14.0. The van der Waals surface area contributed by atoms with Gasteiger partial charge in [0.2, 0.25) is 0 Å². The van der Waals surface area contributed by atoms with Crippen LogP contribution in [0.2, 0.25) is 0 Å². The highest BCUT2D eigenvalue weighted by atomic mass is 127. The number of alkyl halides is 3. The standard InChI is InChI=1S/C21H31F3N4.HI/c1-25-19(26-13-16-6-4-11-28(2)14-16)27-15-20(9-5-10-20)17-7-3-8-18(12-17)21(22,23)24;/h3,7-8,12,16H,4-6,9-11,13-15H2,1-2H3,(H2,25,26,27);1H. The molecule has 0 spiro atoms. The highest BCUT2D eigenvalue weighted by Gasteiger charge is 2.40. The fourth-order valence-corrected chi connectivity index (χ4v) is 4.35. The summed E-state index contributed by atoms with van der Waals surface area (Å²) >= 11 is 0. The lowest BCUT2D eigenvalue weighted by molar-refractivity contribution is -0.137. The van der Waals surface area contributed by atoms with Gasteiger partial charge >= 0.3 is 6.18 Å². The largest absolute Gasteiger partial charge is 0.416 e. The second-order valence-corrected chi connectivity index (χ2v) is 8.29. The first-order chi connectivity index (χ1) is 13.3. The Morgan fingerprint density at radius 1 is 1.24 bits per heavy atom. The average molecular weight is 524 g/mol. The maximum absolute atomic E-state index is 13.1. The van der Waals surface area contributed by atoms with E-state index in [4.69, 9.17) is 0 Å². The Hall–Kier alpha value is -1.03. The fraction of sp³-hybridized carbons (Fsp3) is 0.667. The van der Waals surface area contributed by atoms with E-state index < -0.39 is 11.7 Å². The van der Waals surface area contributed by atoms with Gasteiger partial charge in [0.05, 0.1) is 5.56 Å². The molecule has 1 saturated carbocycles. The minimum Gasteiger partial charge on any atom is -0.356 e. The van der Waals surface area contributed by atoms with Crippen LogP contribution >= 0.6 is 24.0 Å². The molecule has 0 radical (unpaired) electrons. The number of hydrogen-bond donors (Lipinski definition) is 2. The van der Waals surface area contributed by atoms with Crippen LogP contribution in [0.25, 0.3) is 0 Å². The molecular weight excluding hydrogens is 492 g/mol. The van der Waals surface area contributed by atoms with Gasteiger partial charge in [-0.15, -0.1) is 24.0 Å². The first-order valence-corrected chi connectivity index (χ1v) is 10.1. The molecular formula is C21H32F3IN4. The molecule has 1 aromatic carbocycles. The van der Waals surface area contributed by atoms with Crippen molar-refractivity contribution in [2.24, 2.45) is 10.9 Å². The molecule has 1 aliphatic heterocycles. The number of piperidine rings is 1. The van der Waals surface area contributed by atoms with Crippen LogP contribution in [0.15, 0.2) is 29.3 Å². The molecule has 3 rings (SSSR count). The van der Waals surface area contributed by atoms with E-state index in [1.807, 2.05) is 6.07 Å². The zero-order chi connectivity index (χ0) is 20.2. The number of benzene rings is 1. The summed E-state index contributed by atoms with van der Waals surface area (Å²) in [6.07, 6.45) is 0.949. The van der Waals surface area contributed by atoms with Gasteiger partial charge in [-0.3, -0.25) is 4.99 Å². The Balaban J connectivity index is 0.00000300. The second-order valence-electron chi connectivity index (χ2n) is 8.29. The Morgan fingerprint density at radius 3 is 2.59 bits per heavy atom. The predicted octanol–water partition coefficient (Wildman–Crippen LogP) is 4.25.